The summed E-state index contributed by atoms with van der Waals surface area (Å²) in [5, 5.41) is 3.61. The highest BCUT2D eigenvalue weighted by Gasteiger charge is 2.08. The smallest absolute Gasteiger partial charge is 0.202 e. The van der Waals surface area contributed by atoms with Crippen LogP contribution in [0.5, 0.6) is 0 Å². The van der Waals surface area contributed by atoms with Gasteiger partial charge in [0.15, 0.2) is 0 Å². The summed E-state index contributed by atoms with van der Waals surface area (Å²) in [6, 6.07) is 5.04. The van der Waals surface area contributed by atoms with E-state index in [1.807, 2.05) is 0 Å². The molecule has 0 aliphatic heterocycles. The zero-order valence-corrected chi connectivity index (χ0v) is 7.17. The Morgan fingerprint density at radius 2 is 2.38 bits per heavy atom. The number of rotatable bonds is 4. The highest BCUT2D eigenvalue weighted by Crippen LogP contribution is 1.96. The third-order valence-electron chi connectivity index (χ3n) is 1.46. The van der Waals surface area contributed by atoms with Gasteiger partial charge in [-0.1, -0.05) is 6.07 Å². The third-order valence-corrected chi connectivity index (χ3v) is 1.46. The summed E-state index contributed by atoms with van der Waals surface area (Å²) in [5.41, 5.74) is 0.345. The second-order valence-corrected chi connectivity index (χ2v) is 2.54. The normalized spacial score (nSPS) is 9.31. The van der Waals surface area contributed by atoms with Crippen molar-refractivity contribution >= 4 is 5.78 Å². The number of nitroso groups, excluding NO2 is 1. The first-order valence-corrected chi connectivity index (χ1v) is 3.72. The molecule has 1 heterocycles. The van der Waals surface area contributed by atoms with Crippen molar-refractivity contribution in [3.05, 3.63) is 35.0 Å². The lowest BCUT2D eigenvalue weighted by Gasteiger charge is -2.05. The van der Waals surface area contributed by atoms with Crippen LogP contribution in [0.15, 0.2) is 29.7 Å². The Morgan fingerprint density at radius 3 is 2.92 bits per heavy atom. The molecule has 0 radical (unpaired) electrons. The molecule has 13 heavy (non-hydrogen) atoms. The van der Waals surface area contributed by atoms with Crippen LogP contribution in [0.25, 0.3) is 0 Å². The average molecular weight is 179 g/mol. The largest absolute Gasteiger partial charge is 0.290 e. The molecule has 1 aromatic heterocycles. The molecule has 5 nitrogen and oxygen atoms in total. The van der Waals surface area contributed by atoms with Crippen LogP contribution in [0.4, 0.5) is 0 Å². The number of hydrogen-bond acceptors (Lipinski definition) is 4. The lowest BCUT2D eigenvalue weighted by molar-refractivity contribution is 0.0942. The van der Waals surface area contributed by atoms with E-state index in [1.54, 1.807) is 18.2 Å². The second kappa shape index (κ2) is 4.30. The summed E-state index contributed by atoms with van der Waals surface area (Å²) < 4.78 is 0. The van der Waals surface area contributed by atoms with Crippen LogP contribution >= 0.6 is 0 Å². The summed E-state index contributed by atoms with van der Waals surface area (Å²) >= 11 is 0. The molecule has 1 aromatic rings. The molecule has 68 valence electrons. The molecule has 0 bridgehead atoms. The fourth-order valence-corrected chi connectivity index (χ4v) is 0.845. The predicted octanol–water partition coefficient (Wildman–Crippen LogP) is 0.877. The van der Waals surface area contributed by atoms with E-state index in [4.69, 9.17) is 0 Å². The Morgan fingerprint density at radius 1 is 1.62 bits per heavy atom. The summed E-state index contributed by atoms with van der Waals surface area (Å²) in [7, 11) is 1.44. The molecule has 0 amide bonds. The highest BCUT2D eigenvalue weighted by molar-refractivity contribution is 5.95. The maximum absolute atomic E-state index is 11.3. The van der Waals surface area contributed by atoms with Gasteiger partial charge in [-0.25, -0.2) is 0 Å². The van der Waals surface area contributed by atoms with Gasteiger partial charge in [-0.15, -0.1) is 4.91 Å². The lowest BCUT2D eigenvalue weighted by atomic mass is 10.2. The van der Waals surface area contributed by atoms with Gasteiger partial charge in [0.25, 0.3) is 0 Å². The Balaban J connectivity index is 2.64. The molecule has 0 unspecified atom stereocenters. The summed E-state index contributed by atoms with van der Waals surface area (Å²) in [6.45, 7) is -0.0412. The zero-order valence-electron chi connectivity index (χ0n) is 7.17. The van der Waals surface area contributed by atoms with Gasteiger partial charge in [-0.3, -0.25) is 14.8 Å². The minimum atomic E-state index is -0.220. The quantitative estimate of drug-likeness (QED) is 0.391. The number of ketones is 1. The second-order valence-electron chi connectivity index (χ2n) is 2.54. The molecule has 1 rings (SSSR count). The molecule has 0 saturated carbocycles. The van der Waals surface area contributed by atoms with E-state index in [2.05, 4.69) is 10.3 Å². The Bertz CT molecular complexity index is 300. The molecule has 0 spiro atoms. The van der Waals surface area contributed by atoms with E-state index in [1.165, 1.54) is 13.2 Å². The fraction of sp³-hybridized carbons (Fsp3) is 0.250. The van der Waals surface area contributed by atoms with Crippen LogP contribution in [0.1, 0.15) is 10.5 Å². The van der Waals surface area contributed by atoms with Crippen LogP contribution < -0.4 is 0 Å². The van der Waals surface area contributed by atoms with Crippen LogP contribution in [-0.2, 0) is 0 Å². The maximum Gasteiger partial charge on any atom is 0.202 e. The summed E-state index contributed by atoms with van der Waals surface area (Å²) in [5.74, 6) is -0.220. The first-order valence-electron chi connectivity index (χ1n) is 3.72. The number of Topliss-reactive ketones (excluding diaryl/α,β-unsaturated/α-hetero) is 1. The predicted molar refractivity (Wildman–Crippen MR) is 47.0 cm³/mol. The molecule has 0 atom stereocenters. The Labute approximate surface area is 75.3 Å². The van der Waals surface area contributed by atoms with Crippen molar-refractivity contribution < 1.29 is 4.79 Å². The number of nitrogens with zero attached hydrogens (tertiary/aromatic N) is 3. The van der Waals surface area contributed by atoms with E-state index >= 15 is 0 Å². The van der Waals surface area contributed by atoms with Crippen molar-refractivity contribution in [3.63, 3.8) is 0 Å². The van der Waals surface area contributed by atoms with Gasteiger partial charge in [0.1, 0.15) is 12.2 Å². The summed E-state index contributed by atoms with van der Waals surface area (Å²) in [4.78, 5) is 25.1. The number of carbonyl (C=O) groups excluding carboxylic acids is 1. The SMILES string of the molecule is CN(CC(=O)c1ccccn1)N=O. The monoisotopic (exact) mass is 179 g/mol. The van der Waals surface area contributed by atoms with Gasteiger partial charge < -0.3 is 0 Å². The molecular formula is C8H9N3O2. The maximum atomic E-state index is 11.3. The van der Waals surface area contributed by atoms with E-state index in [0.29, 0.717) is 5.69 Å². The van der Waals surface area contributed by atoms with Crippen molar-refractivity contribution in [2.45, 2.75) is 0 Å². The Hall–Kier alpha value is -1.78. The van der Waals surface area contributed by atoms with Crippen LogP contribution in [0.3, 0.4) is 0 Å². The molecule has 0 aromatic carbocycles. The number of likely N-dealkylation sites (N-methyl/N-ethyl adjacent to an activating group) is 1. The highest BCUT2D eigenvalue weighted by atomic mass is 16.3. The van der Waals surface area contributed by atoms with Gasteiger partial charge in [0.05, 0.1) is 5.29 Å². The molecule has 5 heteroatoms. The van der Waals surface area contributed by atoms with E-state index in [0.717, 1.165) is 5.01 Å². The Kier molecular flexibility index (Phi) is 3.08. The average Bonchev–Trinajstić information content (AvgIpc) is 2.19. The number of pyridine rings is 1. The topological polar surface area (TPSA) is 62.6 Å². The van der Waals surface area contributed by atoms with E-state index in [-0.39, 0.29) is 12.3 Å². The van der Waals surface area contributed by atoms with Crippen LogP contribution in [0, 0.1) is 4.91 Å². The van der Waals surface area contributed by atoms with E-state index < -0.39 is 0 Å². The van der Waals surface area contributed by atoms with Gasteiger partial charge in [0, 0.05) is 13.2 Å². The molecule has 0 saturated heterocycles. The van der Waals surface area contributed by atoms with Gasteiger partial charge in [-0.2, -0.15) is 0 Å². The van der Waals surface area contributed by atoms with Crippen molar-refractivity contribution in [1.29, 1.82) is 0 Å². The zero-order chi connectivity index (χ0) is 9.68. The molecule has 0 N–H and O–H groups in total. The number of hydrogen-bond donors (Lipinski definition) is 0. The standard InChI is InChI=1S/C8H9N3O2/c1-11(10-13)6-8(12)7-4-2-3-5-9-7/h2-5H,6H2,1H3. The number of carbonyl (C=O) groups is 1. The molecule has 0 aliphatic carbocycles. The van der Waals surface area contributed by atoms with Crippen molar-refractivity contribution in [1.82, 2.24) is 9.99 Å². The van der Waals surface area contributed by atoms with Gasteiger partial charge in [0.2, 0.25) is 5.78 Å². The van der Waals surface area contributed by atoms with Crippen molar-refractivity contribution in [3.8, 4) is 0 Å². The third kappa shape index (κ3) is 2.62. The van der Waals surface area contributed by atoms with Crippen molar-refractivity contribution in [2.75, 3.05) is 13.6 Å². The first kappa shape index (κ1) is 9.31. The van der Waals surface area contributed by atoms with Gasteiger partial charge in [-0.05, 0) is 12.1 Å². The number of aromatic nitrogens is 1. The van der Waals surface area contributed by atoms with Crippen LogP contribution in [-0.4, -0.2) is 29.4 Å². The molecular weight excluding hydrogens is 170 g/mol. The minimum Gasteiger partial charge on any atom is -0.290 e. The van der Waals surface area contributed by atoms with Crippen molar-refractivity contribution in [2.24, 2.45) is 5.29 Å². The molecule has 0 fully saturated rings. The fourth-order valence-electron chi connectivity index (χ4n) is 0.845. The van der Waals surface area contributed by atoms with Crippen LogP contribution in [0.2, 0.25) is 0 Å². The van der Waals surface area contributed by atoms with E-state index in [9.17, 15) is 9.70 Å². The first-order chi connectivity index (χ1) is 6.24. The molecule has 0 aliphatic rings. The van der Waals surface area contributed by atoms with Gasteiger partial charge >= 0.3 is 0 Å². The summed E-state index contributed by atoms with van der Waals surface area (Å²) in [6.07, 6.45) is 1.53. The minimum absolute atomic E-state index is 0.0412. The lowest BCUT2D eigenvalue weighted by Crippen LogP contribution is -2.21.